The lowest BCUT2D eigenvalue weighted by Crippen LogP contribution is -2.41. The quantitative estimate of drug-likeness (QED) is 0.601. The molecule has 130 valence electrons. The zero-order chi connectivity index (χ0) is 17.4. The summed E-state index contributed by atoms with van der Waals surface area (Å²) in [5.74, 6) is 0.580. The Balaban J connectivity index is 1.87. The molecule has 0 aliphatic carbocycles. The third-order valence-electron chi connectivity index (χ3n) is 3.24. The largest absolute Gasteiger partial charge is 0.486 e. The highest BCUT2D eigenvalue weighted by molar-refractivity contribution is 5.79. The highest BCUT2D eigenvalue weighted by Crippen LogP contribution is 2.16. The molecule has 6 nitrogen and oxygen atoms in total. The van der Waals surface area contributed by atoms with E-state index in [9.17, 15) is 4.39 Å². The van der Waals surface area contributed by atoms with Crippen molar-refractivity contribution < 1.29 is 9.13 Å². The van der Waals surface area contributed by atoms with E-state index in [4.69, 9.17) is 4.74 Å². The Labute approximate surface area is 141 Å². The van der Waals surface area contributed by atoms with Gasteiger partial charge in [-0.05, 0) is 26.0 Å². The molecule has 2 aromatic rings. The smallest absolute Gasteiger partial charge is 0.191 e. The number of ether oxygens (including phenoxy) is 1. The van der Waals surface area contributed by atoms with E-state index in [1.807, 2.05) is 27.1 Å². The zero-order valence-electron chi connectivity index (χ0n) is 14.3. The van der Waals surface area contributed by atoms with Crippen LogP contribution < -0.4 is 15.4 Å². The summed E-state index contributed by atoms with van der Waals surface area (Å²) < 4.78 is 20.9. The van der Waals surface area contributed by atoms with Crippen LogP contribution in [0.15, 0.2) is 41.7 Å². The van der Waals surface area contributed by atoms with Crippen LogP contribution in [0.4, 0.5) is 4.39 Å². The summed E-state index contributed by atoms with van der Waals surface area (Å²) in [7, 11) is 1.87. The molecule has 7 heteroatoms. The van der Waals surface area contributed by atoms with Crippen molar-refractivity contribution in [1.29, 1.82) is 0 Å². The number of aromatic nitrogens is 2. The molecule has 0 radical (unpaired) electrons. The molecule has 0 aliphatic heterocycles. The molecule has 0 saturated carbocycles. The summed E-state index contributed by atoms with van der Waals surface area (Å²) in [4.78, 5) is 4.51. The molecule has 0 aliphatic rings. The topological polar surface area (TPSA) is 63.5 Å². The van der Waals surface area contributed by atoms with Crippen molar-refractivity contribution in [2.75, 3.05) is 13.1 Å². The molecule has 0 fully saturated rings. The second-order valence-corrected chi connectivity index (χ2v) is 5.46. The number of halogens is 1. The number of para-hydroxylation sites is 1. The lowest BCUT2D eigenvalue weighted by molar-refractivity contribution is 0.214. The summed E-state index contributed by atoms with van der Waals surface area (Å²) >= 11 is 0. The third-order valence-corrected chi connectivity index (χ3v) is 3.24. The average molecular weight is 333 g/mol. The predicted octanol–water partition coefficient (Wildman–Crippen LogP) is 2.08. The summed E-state index contributed by atoms with van der Waals surface area (Å²) in [6.45, 7) is 5.67. The normalized spacial score (nSPS) is 12.8. The molecule has 0 amide bonds. The average Bonchev–Trinajstić information content (AvgIpc) is 2.98. The van der Waals surface area contributed by atoms with Crippen molar-refractivity contribution >= 4 is 5.96 Å². The monoisotopic (exact) mass is 333 g/mol. The van der Waals surface area contributed by atoms with Gasteiger partial charge in [-0.1, -0.05) is 12.1 Å². The first-order chi connectivity index (χ1) is 11.6. The van der Waals surface area contributed by atoms with E-state index >= 15 is 0 Å². The fourth-order valence-corrected chi connectivity index (χ4v) is 2.10. The maximum absolute atomic E-state index is 13.6. The fourth-order valence-electron chi connectivity index (χ4n) is 2.10. The number of aliphatic imine (C=N–C) groups is 1. The van der Waals surface area contributed by atoms with Crippen molar-refractivity contribution in [2.24, 2.45) is 12.0 Å². The van der Waals surface area contributed by atoms with Gasteiger partial charge in [0.2, 0.25) is 0 Å². The summed E-state index contributed by atoms with van der Waals surface area (Å²) in [6, 6.07) is 6.39. The van der Waals surface area contributed by atoms with E-state index in [2.05, 4.69) is 20.7 Å². The molecular formula is C17H24FN5O. The van der Waals surface area contributed by atoms with Gasteiger partial charge in [0.1, 0.15) is 6.10 Å². The van der Waals surface area contributed by atoms with Crippen LogP contribution >= 0.6 is 0 Å². The first-order valence-corrected chi connectivity index (χ1v) is 7.99. The first kappa shape index (κ1) is 17.8. The van der Waals surface area contributed by atoms with E-state index < -0.39 is 0 Å². The second-order valence-electron chi connectivity index (χ2n) is 5.46. The van der Waals surface area contributed by atoms with Gasteiger partial charge in [0, 0.05) is 25.4 Å². The lowest BCUT2D eigenvalue weighted by atomic mass is 10.3. The second kappa shape index (κ2) is 8.90. The minimum absolute atomic E-state index is 0.204. The molecule has 0 saturated heterocycles. The number of aryl methyl sites for hydroxylation is 1. The number of rotatable bonds is 7. The van der Waals surface area contributed by atoms with Crippen LogP contribution in [0, 0.1) is 5.82 Å². The SMILES string of the molecule is CCNC(=NCc1cnn(C)c1)NCC(C)Oc1ccccc1F. The Morgan fingerprint density at radius 3 is 2.83 bits per heavy atom. The van der Waals surface area contributed by atoms with Gasteiger partial charge in [0.05, 0.1) is 19.3 Å². The van der Waals surface area contributed by atoms with Gasteiger partial charge < -0.3 is 15.4 Å². The summed E-state index contributed by atoms with van der Waals surface area (Å²) in [5.41, 5.74) is 1.03. The molecule has 24 heavy (non-hydrogen) atoms. The van der Waals surface area contributed by atoms with Crippen LogP contribution in [-0.2, 0) is 13.6 Å². The van der Waals surface area contributed by atoms with Gasteiger partial charge in [0.15, 0.2) is 17.5 Å². The van der Waals surface area contributed by atoms with Crippen molar-refractivity contribution in [3.05, 3.63) is 48.0 Å². The molecule has 2 N–H and O–H groups in total. The van der Waals surface area contributed by atoms with Crippen molar-refractivity contribution in [1.82, 2.24) is 20.4 Å². The fraction of sp³-hybridized carbons (Fsp3) is 0.412. The molecule has 1 aromatic heterocycles. The highest BCUT2D eigenvalue weighted by atomic mass is 19.1. The molecule has 2 rings (SSSR count). The Morgan fingerprint density at radius 1 is 1.38 bits per heavy atom. The van der Waals surface area contributed by atoms with Gasteiger partial charge in [0.25, 0.3) is 0 Å². The Hall–Kier alpha value is -2.57. The molecule has 1 aromatic carbocycles. The molecule has 0 bridgehead atoms. The Bertz CT molecular complexity index is 671. The number of benzene rings is 1. The van der Waals surface area contributed by atoms with E-state index in [0.717, 1.165) is 12.1 Å². The number of nitrogens with one attached hydrogen (secondary N) is 2. The summed E-state index contributed by atoms with van der Waals surface area (Å²) in [5, 5.41) is 10.5. The zero-order valence-corrected chi connectivity index (χ0v) is 14.3. The van der Waals surface area contributed by atoms with Crippen LogP contribution in [0.5, 0.6) is 5.75 Å². The highest BCUT2D eigenvalue weighted by Gasteiger charge is 2.09. The standard InChI is InChI=1S/C17H24FN5O/c1-4-19-17(21-10-14-11-22-23(3)12-14)20-9-13(2)24-16-8-6-5-7-15(16)18/h5-8,11-13H,4,9-10H2,1-3H3,(H2,19,20,21). The van der Waals surface area contributed by atoms with E-state index in [1.165, 1.54) is 6.07 Å². The van der Waals surface area contributed by atoms with E-state index in [-0.39, 0.29) is 17.7 Å². The minimum atomic E-state index is -0.360. The summed E-state index contributed by atoms with van der Waals surface area (Å²) in [6.07, 6.45) is 3.51. The Morgan fingerprint density at radius 2 is 2.17 bits per heavy atom. The van der Waals surface area contributed by atoms with Crippen molar-refractivity contribution in [2.45, 2.75) is 26.5 Å². The van der Waals surface area contributed by atoms with Crippen molar-refractivity contribution in [3.8, 4) is 5.75 Å². The maximum Gasteiger partial charge on any atom is 0.191 e. The van der Waals surface area contributed by atoms with Crippen LogP contribution in [0.1, 0.15) is 19.4 Å². The first-order valence-electron chi connectivity index (χ1n) is 7.99. The Kier molecular flexibility index (Phi) is 6.60. The van der Waals surface area contributed by atoms with Gasteiger partial charge in [-0.3, -0.25) is 4.68 Å². The molecule has 1 atom stereocenters. The molecular weight excluding hydrogens is 309 g/mol. The van der Waals surface area contributed by atoms with E-state index in [1.54, 1.807) is 29.1 Å². The van der Waals surface area contributed by atoms with Crippen LogP contribution in [0.25, 0.3) is 0 Å². The van der Waals surface area contributed by atoms with Crippen molar-refractivity contribution in [3.63, 3.8) is 0 Å². The minimum Gasteiger partial charge on any atom is -0.486 e. The van der Waals surface area contributed by atoms with E-state index in [0.29, 0.717) is 19.0 Å². The number of hydrogen-bond donors (Lipinski definition) is 2. The lowest BCUT2D eigenvalue weighted by Gasteiger charge is -2.18. The van der Waals surface area contributed by atoms with Gasteiger partial charge in [-0.2, -0.15) is 5.10 Å². The van der Waals surface area contributed by atoms with Gasteiger partial charge in [-0.15, -0.1) is 0 Å². The number of hydrogen-bond acceptors (Lipinski definition) is 3. The number of nitrogens with zero attached hydrogens (tertiary/aromatic N) is 3. The molecule has 1 heterocycles. The van der Waals surface area contributed by atoms with Gasteiger partial charge >= 0.3 is 0 Å². The number of guanidine groups is 1. The van der Waals surface area contributed by atoms with Crippen LogP contribution in [0.3, 0.4) is 0 Å². The third kappa shape index (κ3) is 5.57. The molecule has 1 unspecified atom stereocenters. The molecule has 0 spiro atoms. The van der Waals surface area contributed by atoms with Gasteiger partial charge in [-0.25, -0.2) is 9.38 Å². The van der Waals surface area contributed by atoms with Crippen LogP contribution in [-0.4, -0.2) is 34.9 Å². The van der Waals surface area contributed by atoms with Crippen LogP contribution in [0.2, 0.25) is 0 Å². The maximum atomic E-state index is 13.6. The predicted molar refractivity (Wildman–Crippen MR) is 92.5 cm³/mol.